The summed E-state index contributed by atoms with van der Waals surface area (Å²) in [6.45, 7) is 8.71. The summed E-state index contributed by atoms with van der Waals surface area (Å²) in [7, 11) is 0. The van der Waals surface area contributed by atoms with Gasteiger partial charge in [0.15, 0.2) is 0 Å². The lowest BCUT2D eigenvalue weighted by molar-refractivity contribution is 1.13. The topological polar surface area (TPSA) is 58.0 Å². The van der Waals surface area contributed by atoms with Gasteiger partial charge in [0.2, 0.25) is 0 Å². The van der Waals surface area contributed by atoms with E-state index in [1.165, 1.54) is 44.2 Å². The third-order valence-electron chi connectivity index (χ3n) is 10.1. The number of hydrogen-bond donors (Lipinski definition) is 0. The maximum Gasteiger partial charge on any atom is 0.138 e. The van der Waals surface area contributed by atoms with Crippen LogP contribution in [-0.2, 0) is 0 Å². The van der Waals surface area contributed by atoms with Crippen molar-refractivity contribution in [3.05, 3.63) is 193 Å². The van der Waals surface area contributed by atoms with E-state index in [-0.39, 0.29) is 0 Å². The number of hydrogen-bond acceptors (Lipinski definition) is 6. The largest absolute Gasteiger partial charge is 0.279 e. The van der Waals surface area contributed by atoms with E-state index in [2.05, 4.69) is 110 Å². The third-order valence-corrected chi connectivity index (χ3v) is 10.1. The fourth-order valence-electron chi connectivity index (χ4n) is 8.05. The Morgan fingerprint density at radius 2 is 0.643 bits per heavy atom. The van der Waals surface area contributed by atoms with E-state index >= 15 is 0 Å². The van der Waals surface area contributed by atoms with E-state index in [9.17, 15) is 0 Å². The molecule has 0 saturated heterocycles. The van der Waals surface area contributed by atoms with E-state index in [0.29, 0.717) is 0 Å². The van der Waals surface area contributed by atoms with Crippen LogP contribution in [-0.4, -0.2) is 19.9 Å². The fourth-order valence-corrected chi connectivity index (χ4v) is 8.05. The highest BCUT2D eigenvalue weighted by Gasteiger charge is 2.23. The number of anilines is 6. The van der Waals surface area contributed by atoms with E-state index in [0.717, 1.165) is 56.5 Å². The summed E-state index contributed by atoms with van der Waals surface area (Å²) in [5, 5.41) is 4.60. The average molecular weight is 725 g/mol. The zero-order valence-electron chi connectivity index (χ0n) is 31.8. The fraction of sp³-hybridized carbons (Fsp3) is 0.0800. The molecule has 0 spiro atoms. The van der Waals surface area contributed by atoms with Crippen LogP contribution < -0.4 is 9.80 Å². The van der Waals surface area contributed by atoms with E-state index in [4.69, 9.17) is 19.9 Å². The molecule has 0 fully saturated rings. The second-order valence-corrected chi connectivity index (χ2v) is 14.4. The van der Waals surface area contributed by atoms with Crippen molar-refractivity contribution >= 4 is 56.2 Å². The predicted molar refractivity (Wildman–Crippen MR) is 232 cm³/mol. The Morgan fingerprint density at radius 3 is 0.946 bits per heavy atom. The molecule has 5 aromatic carbocycles. The highest BCUT2D eigenvalue weighted by molar-refractivity contribution is 6.22. The number of benzene rings is 5. The van der Waals surface area contributed by atoms with Crippen molar-refractivity contribution in [2.45, 2.75) is 27.7 Å². The number of fused-ring (bicyclic) bond motifs is 2. The lowest BCUT2D eigenvalue weighted by atomic mass is 9.84. The molecule has 0 radical (unpaired) electrons. The first-order valence-electron chi connectivity index (χ1n) is 18.9. The van der Waals surface area contributed by atoms with Crippen LogP contribution in [0.5, 0.6) is 0 Å². The van der Waals surface area contributed by atoms with Gasteiger partial charge in [-0.2, -0.15) is 0 Å². The van der Waals surface area contributed by atoms with Crippen molar-refractivity contribution in [1.82, 2.24) is 19.9 Å². The minimum atomic E-state index is 0.789. The van der Waals surface area contributed by atoms with Gasteiger partial charge < -0.3 is 0 Å². The van der Waals surface area contributed by atoms with Gasteiger partial charge >= 0.3 is 0 Å². The molecule has 0 aliphatic rings. The highest BCUT2D eigenvalue weighted by Crippen LogP contribution is 2.48. The molecular formula is C50H40N6. The molecule has 9 rings (SSSR count). The molecule has 0 bridgehead atoms. The number of aryl methyl sites for hydroxylation is 4. The molecular weight excluding hydrogens is 685 g/mol. The molecule has 0 amide bonds. The summed E-state index contributed by atoms with van der Waals surface area (Å²) in [5.74, 6) is 3.16. The normalized spacial score (nSPS) is 11.2. The Hall–Kier alpha value is -7.18. The summed E-state index contributed by atoms with van der Waals surface area (Å²) in [6.07, 6.45) is 7.32. The molecule has 0 aliphatic carbocycles. The van der Waals surface area contributed by atoms with Crippen LogP contribution in [0.2, 0.25) is 0 Å². The van der Waals surface area contributed by atoms with Crippen molar-refractivity contribution in [2.75, 3.05) is 9.80 Å². The van der Waals surface area contributed by atoms with Gasteiger partial charge in [0.05, 0.1) is 0 Å². The summed E-state index contributed by atoms with van der Waals surface area (Å²) in [6, 6.07) is 51.3. The van der Waals surface area contributed by atoms with Gasteiger partial charge in [-0.15, -0.1) is 0 Å². The Kier molecular flexibility index (Phi) is 9.00. The van der Waals surface area contributed by atoms with Gasteiger partial charge in [-0.05, 0) is 144 Å². The van der Waals surface area contributed by atoms with Crippen LogP contribution in [0.25, 0.3) is 43.8 Å². The number of nitrogens with zero attached hydrogens (tertiary/aromatic N) is 6. The smallest absolute Gasteiger partial charge is 0.138 e. The Morgan fingerprint density at radius 1 is 0.321 bits per heavy atom. The van der Waals surface area contributed by atoms with Gasteiger partial charge in [0.1, 0.15) is 23.3 Å². The first-order chi connectivity index (χ1) is 27.4. The first-order valence-corrected chi connectivity index (χ1v) is 18.9. The summed E-state index contributed by atoms with van der Waals surface area (Å²) in [4.78, 5) is 23.5. The summed E-state index contributed by atoms with van der Waals surface area (Å²) < 4.78 is 0. The van der Waals surface area contributed by atoms with Crippen molar-refractivity contribution in [3.8, 4) is 22.3 Å². The lowest BCUT2D eigenvalue weighted by Gasteiger charge is -2.26. The lowest BCUT2D eigenvalue weighted by Crippen LogP contribution is -2.13. The maximum atomic E-state index is 4.81. The molecule has 0 atom stereocenters. The van der Waals surface area contributed by atoms with Crippen LogP contribution in [0.15, 0.2) is 170 Å². The summed E-state index contributed by atoms with van der Waals surface area (Å²) >= 11 is 0. The summed E-state index contributed by atoms with van der Waals surface area (Å²) in [5.41, 5.74) is 11.5. The second-order valence-electron chi connectivity index (χ2n) is 14.4. The molecule has 0 saturated carbocycles. The van der Waals surface area contributed by atoms with Crippen molar-refractivity contribution in [1.29, 1.82) is 0 Å². The minimum Gasteiger partial charge on any atom is -0.279 e. The number of rotatable bonds is 8. The quantitative estimate of drug-likeness (QED) is 0.145. The van der Waals surface area contributed by atoms with E-state index < -0.39 is 0 Å². The molecule has 0 N–H and O–H groups in total. The predicted octanol–water partition coefficient (Wildman–Crippen LogP) is 13.1. The van der Waals surface area contributed by atoms with Crippen LogP contribution in [0, 0.1) is 27.7 Å². The van der Waals surface area contributed by atoms with Crippen LogP contribution in [0.1, 0.15) is 22.3 Å². The highest BCUT2D eigenvalue weighted by atomic mass is 15.2. The Balaban J connectivity index is 1.43. The van der Waals surface area contributed by atoms with Crippen LogP contribution in [0.3, 0.4) is 0 Å². The molecule has 6 heteroatoms. The molecule has 9 aromatic rings. The van der Waals surface area contributed by atoms with Crippen LogP contribution in [0.4, 0.5) is 34.6 Å². The molecule has 0 unspecified atom stereocenters. The minimum absolute atomic E-state index is 0.789. The molecule has 56 heavy (non-hydrogen) atoms. The number of aromatic nitrogens is 4. The Labute approximate surface area is 327 Å². The molecule has 4 heterocycles. The van der Waals surface area contributed by atoms with Gasteiger partial charge in [0, 0.05) is 36.2 Å². The standard InChI is InChI=1S/C50H40N6/c1-33-25-34(2)28-37(27-33)49-41-19-17-39(55(45-13-5-9-21-51-45)46-14-6-10-22-52-46)31-43(41)50(38-29-35(3)26-36(4)30-38)44-32-40(18-20-42(44)49)56(47-15-7-11-23-53-47)48-16-8-12-24-54-48/h5-32H,1-4H3. The Bertz CT molecular complexity index is 2580. The SMILES string of the molecule is Cc1cc(C)cc(-c2c3ccc(N(c4ccccn4)c4ccccn4)cc3c(-c3cc(C)cc(C)c3)c3cc(N(c4ccccn4)c4ccccn4)ccc23)c1. The van der Waals surface area contributed by atoms with E-state index in [1.807, 2.05) is 97.6 Å². The van der Waals surface area contributed by atoms with Crippen molar-refractivity contribution in [3.63, 3.8) is 0 Å². The van der Waals surface area contributed by atoms with Crippen molar-refractivity contribution in [2.24, 2.45) is 0 Å². The molecule has 4 aromatic heterocycles. The van der Waals surface area contributed by atoms with E-state index in [1.54, 1.807) is 0 Å². The van der Waals surface area contributed by atoms with Gasteiger partial charge in [-0.1, -0.05) is 95.1 Å². The zero-order chi connectivity index (χ0) is 38.2. The van der Waals surface area contributed by atoms with Crippen LogP contribution >= 0.6 is 0 Å². The van der Waals surface area contributed by atoms with Crippen molar-refractivity contribution < 1.29 is 0 Å². The third kappa shape index (κ3) is 6.52. The second kappa shape index (κ2) is 14.6. The van der Waals surface area contributed by atoms with Gasteiger partial charge in [0.25, 0.3) is 0 Å². The molecule has 6 nitrogen and oxygen atoms in total. The monoisotopic (exact) mass is 724 g/mol. The molecule has 270 valence electrons. The first kappa shape index (κ1) is 34.6. The molecule has 0 aliphatic heterocycles. The zero-order valence-corrected chi connectivity index (χ0v) is 31.8. The van der Waals surface area contributed by atoms with Gasteiger partial charge in [-0.25, -0.2) is 19.9 Å². The van der Waals surface area contributed by atoms with Gasteiger partial charge in [-0.3, -0.25) is 9.80 Å². The average Bonchev–Trinajstić information content (AvgIpc) is 3.21. The number of pyridine rings is 4. The maximum absolute atomic E-state index is 4.81.